The van der Waals surface area contributed by atoms with Crippen LogP contribution in [0.3, 0.4) is 0 Å². The molecule has 1 atom stereocenters. The molecule has 0 fully saturated rings. The smallest absolute Gasteiger partial charge is 0.400 e. The fourth-order valence-corrected chi connectivity index (χ4v) is 2.59. The molecule has 0 amide bonds. The van der Waals surface area contributed by atoms with E-state index >= 15 is 0 Å². The first-order valence-electron chi connectivity index (χ1n) is 6.68. The first-order valence-corrected chi connectivity index (χ1v) is 8.80. The molecule has 2 rings (SSSR count). The lowest BCUT2D eigenvalue weighted by Gasteiger charge is -2.24. The van der Waals surface area contributed by atoms with Crippen LogP contribution < -0.4 is 0 Å². The molecule has 0 aromatic heterocycles. The van der Waals surface area contributed by atoms with Crippen LogP contribution in [0, 0.1) is 0 Å². The van der Waals surface area contributed by atoms with Gasteiger partial charge in [-0.1, -0.05) is 29.3 Å². The van der Waals surface area contributed by atoms with Gasteiger partial charge in [0.15, 0.2) is 6.21 Å². The summed E-state index contributed by atoms with van der Waals surface area (Å²) in [7, 11) is -4.92. The van der Waals surface area contributed by atoms with Gasteiger partial charge < -0.3 is 4.55 Å². The quantitative estimate of drug-likeness (QED) is 0.357. The minimum absolute atomic E-state index is 0.376. The summed E-state index contributed by atoms with van der Waals surface area (Å²) in [6.45, 7) is 6.82. The van der Waals surface area contributed by atoms with Gasteiger partial charge in [-0.05, 0) is 25.1 Å². The van der Waals surface area contributed by atoms with Crippen molar-refractivity contribution in [1.29, 1.82) is 0 Å². The summed E-state index contributed by atoms with van der Waals surface area (Å²) in [6, 6.07) is 5.32. The van der Waals surface area contributed by atoms with Crippen LogP contribution in [0.15, 0.2) is 35.8 Å². The minimum Gasteiger partial charge on any atom is -0.726 e. The van der Waals surface area contributed by atoms with Crippen molar-refractivity contribution in [2.75, 3.05) is 13.2 Å². The number of aliphatic imine (C=N–C) groups is 1. The van der Waals surface area contributed by atoms with Crippen LogP contribution in [0.4, 0.5) is 0 Å². The average molecular weight is 395 g/mol. The van der Waals surface area contributed by atoms with Crippen LogP contribution in [-0.4, -0.2) is 47.7 Å². The van der Waals surface area contributed by atoms with E-state index in [1.807, 2.05) is 23.8 Å². The summed E-state index contributed by atoms with van der Waals surface area (Å²) in [5, 5.41) is 1.11. The Morgan fingerprint density at radius 2 is 2.12 bits per heavy atom. The van der Waals surface area contributed by atoms with Crippen LogP contribution in [0.2, 0.25) is 10.0 Å². The van der Waals surface area contributed by atoms with Crippen molar-refractivity contribution in [3.8, 4) is 0 Å². The molecular formula is C14H16Cl2N2O5S. The molecule has 0 spiro atoms. The number of nitrogens with zero attached hydrogens (tertiary/aromatic N) is 2. The molecule has 0 bridgehead atoms. The fraction of sp³-hybridized carbons (Fsp3) is 0.286. The molecular weight excluding hydrogens is 379 g/mol. The predicted molar refractivity (Wildman–Crippen MR) is 92.0 cm³/mol. The van der Waals surface area contributed by atoms with Crippen molar-refractivity contribution < 1.29 is 26.8 Å². The lowest BCUT2D eigenvalue weighted by Crippen LogP contribution is -2.39. The zero-order chi connectivity index (χ0) is 18.4. The first kappa shape index (κ1) is 20.8. The summed E-state index contributed by atoms with van der Waals surface area (Å²) in [5.41, 5.74) is 0.771. The number of rotatable bonds is 5. The fourth-order valence-electron chi connectivity index (χ4n) is 2.06. The second-order valence-electron chi connectivity index (χ2n) is 4.47. The molecule has 1 aliphatic rings. The molecule has 1 aromatic carbocycles. The molecule has 7 nitrogen and oxygen atoms in total. The van der Waals surface area contributed by atoms with Gasteiger partial charge in [0.1, 0.15) is 6.54 Å². The zero-order valence-electron chi connectivity index (χ0n) is 12.7. The van der Waals surface area contributed by atoms with Crippen LogP contribution in [0.25, 0.3) is 0 Å². The van der Waals surface area contributed by atoms with E-state index in [-0.39, 0.29) is 0 Å². The van der Waals surface area contributed by atoms with Gasteiger partial charge in [0.05, 0.1) is 23.4 Å². The second kappa shape index (κ2) is 8.70. The Bertz CT molecular complexity index is 756. The van der Waals surface area contributed by atoms with Crippen molar-refractivity contribution in [3.63, 3.8) is 0 Å². The average Bonchev–Trinajstić information content (AvgIpc) is 2.87. The lowest BCUT2D eigenvalue weighted by molar-refractivity contribution is -0.661. The van der Waals surface area contributed by atoms with E-state index in [0.29, 0.717) is 16.7 Å². The minimum atomic E-state index is -4.92. The molecule has 0 aliphatic carbocycles. The van der Waals surface area contributed by atoms with Gasteiger partial charge >= 0.3 is 5.85 Å². The highest BCUT2D eigenvalue weighted by atomic mass is 35.5. The van der Waals surface area contributed by atoms with Crippen LogP contribution >= 0.6 is 23.2 Å². The largest absolute Gasteiger partial charge is 0.726 e. The highest BCUT2D eigenvalue weighted by Crippen LogP contribution is 2.36. The van der Waals surface area contributed by atoms with E-state index < -0.39 is 16.2 Å². The maximum absolute atomic E-state index is 8.63. The normalized spacial score (nSPS) is 19.5. The SMILES string of the molecule is C=CCOC1(c2ccc(Cl)cc2Cl)N=CC=[N+]1CC.O=S(=O)([O-])O. The van der Waals surface area contributed by atoms with E-state index in [0.717, 1.165) is 12.1 Å². The molecule has 0 saturated carbocycles. The van der Waals surface area contributed by atoms with Crippen molar-refractivity contribution in [1.82, 2.24) is 0 Å². The Hall–Kier alpha value is -1.29. The number of hydrogen-bond donors (Lipinski definition) is 1. The van der Waals surface area contributed by atoms with Crippen molar-refractivity contribution in [2.45, 2.75) is 12.8 Å². The number of benzene rings is 1. The third kappa shape index (κ3) is 5.66. The van der Waals surface area contributed by atoms with Crippen molar-refractivity contribution in [2.24, 2.45) is 4.99 Å². The first-order chi connectivity index (χ1) is 11.1. The second-order valence-corrected chi connectivity index (χ2v) is 6.17. The Morgan fingerprint density at radius 1 is 1.50 bits per heavy atom. The van der Waals surface area contributed by atoms with Crippen molar-refractivity contribution >= 4 is 46.0 Å². The number of halogens is 2. The molecule has 24 heavy (non-hydrogen) atoms. The van der Waals surface area contributed by atoms with Gasteiger partial charge in [0.2, 0.25) is 10.4 Å². The molecule has 1 aliphatic heterocycles. The Balaban J connectivity index is 0.000000505. The van der Waals surface area contributed by atoms with Crippen LogP contribution in [0.5, 0.6) is 0 Å². The van der Waals surface area contributed by atoms with Crippen molar-refractivity contribution in [3.05, 3.63) is 46.5 Å². The maximum atomic E-state index is 8.63. The zero-order valence-corrected chi connectivity index (χ0v) is 15.1. The van der Waals surface area contributed by atoms with E-state index in [1.165, 1.54) is 0 Å². The Labute approximate surface area is 150 Å². The van der Waals surface area contributed by atoms with E-state index in [1.54, 1.807) is 24.4 Å². The molecule has 0 saturated heterocycles. The standard InChI is InChI=1S/C14H15Cl2N2O.H2O4S/c1-3-9-19-14(17-7-8-18(14)4-2)12-6-5-11(15)10-13(12)16;1-5(2,3)4/h3,5-8,10H,1,4,9H2,2H3;(H2,1,2,3,4)/q+1;/p-1. The van der Waals surface area contributed by atoms with E-state index in [9.17, 15) is 0 Å². The highest BCUT2D eigenvalue weighted by molar-refractivity contribution is 7.79. The van der Waals surface area contributed by atoms with Gasteiger partial charge in [-0.3, -0.25) is 9.29 Å². The van der Waals surface area contributed by atoms with Gasteiger partial charge in [-0.25, -0.2) is 8.42 Å². The molecule has 1 unspecified atom stereocenters. The summed E-state index contributed by atoms with van der Waals surface area (Å²) >= 11 is 12.2. The van der Waals surface area contributed by atoms with Gasteiger partial charge in [0, 0.05) is 5.02 Å². The molecule has 1 N–H and O–H groups in total. The molecule has 0 radical (unpaired) electrons. The monoisotopic (exact) mass is 394 g/mol. The molecule has 10 heteroatoms. The number of ether oxygens (including phenoxy) is 1. The predicted octanol–water partition coefficient (Wildman–Crippen LogP) is 2.50. The maximum Gasteiger partial charge on any atom is 0.400 e. The van der Waals surface area contributed by atoms with Gasteiger partial charge in [0.25, 0.3) is 0 Å². The van der Waals surface area contributed by atoms with Gasteiger partial charge in [-0.2, -0.15) is 9.57 Å². The third-order valence-corrected chi connectivity index (χ3v) is 3.46. The summed E-state index contributed by atoms with van der Waals surface area (Å²) in [6.07, 6.45) is 5.29. The number of hydrogen-bond acceptors (Lipinski definition) is 5. The lowest BCUT2D eigenvalue weighted by atomic mass is 10.1. The van der Waals surface area contributed by atoms with Crippen LogP contribution in [-0.2, 0) is 21.0 Å². The summed E-state index contributed by atoms with van der Waals surface area (Å²) in [5.74, 6) is -0.926. The van der Waals surface area contributed by atoms with Crippen LogP contribution in [0.1, 0.15) is 12.5 Å². The van der Waals surface area contributed by atoms with E-state index in [2.05, 4.69) is 11.6 Å². The third-order valence-electron chi connectivity index (χ3n) is 2.91. The molecule has 1 heterocycles. The Morgan fingerprint density at radius 3 is 2.62 bits per heavy atom. The molecule has 1 aromatic rings. The summed E-state index contributed by atoms with van der Waals surface area (Å²) in [4.78, 5) is 4.47. The summed E-state index contributed by atoms with van der Waals surface area (Å²) < 4.78 is 40.7. The van der Waals surface area contributed by atoms with Gasteiger partial charge in [-0.15, -0.1) is 6.58 Å². The van der Waals surface area contributed by atoms with E-state index in [4.69, 9.17) is 45.5 Å². The Kier molecular flexibility index (Phi) is 7.53. The molecule has 132 valence electrons. The topological polar surface area (TPSA) is 102 Å². The highest BCUT2D eigenvalue weighted by Gasteiger charge is 2.47.